The summed E-state index contributed by atoms with van der Waals surface area (Å²) in [5.41, 5.74) is 1.71. The molecule has 7 heteroatoms. The fourth-order valence-electron chi connectivity index (χ4n) is 3.17. The molecule has 0 aliphatic carbocycles. The number of hydrazone groups is 1. The third kappa shape index (κ3) is 4.12. The molecule has 0 unspecified atom stereocenters. The molecule has 0 spiro atoms. The molecule has 0 fully saturated rings. The Bertz CT molecular complexity index is 1020. The molecule has 3 aromatic rings. The van der Waals surface area contributed by atoms with Crippen LogP contribution in [0, 0.1) is 0 Å². The second-order valence-electron chi connectivity index (χ2n) is 6.47. The lowest BCUT2D eigenvalue weighted by Gasteiger charge is -2.20. The molecule has 1 aromatic heterocycles. The third-order valence-electron chi connectivity index (χ3n) is 4.65. The van der Waals surface area contributed by atoms with Crippen LogP contribution in [-0.2, 0) is 4.79 Å². The molecule has 0 radical (unpaired) electrons. The van der Waals surface area contributed by atoms with E-state index in [0.717, 1.165) is 17.0 Å². The average molecular weight is 411 g/mol. The van der Waals surface area contributed by atoms with Crippen LogP contribution in [0.25, 0.3) is 0 Å². The van der Waals surface area contributed by atoms with Gasteiger partial charge in [0.2, 0.25) is 0 Å². The number of benzene rings is 2. The van der Waals surface area contributed by atoms with Crippen LogP contribution >= 0.6 is 11.6 Å². The minimum Gasteiger partial charge on any atom is -0.497 e. The predicted octanol–water partition coefficient (Wildman–Crippen LogP) is 4.70. The Morgan fingerprint density at radius 1 is 1.17 bits per heavy atom. The summed E-state index contributed by atoms with van der Waals surface area (Å²) in [6.45, 7) is -0.180. The quantitative estimate of drug-likeness (QED) is 0.591. The summed E-state index contributed by atoms with van der Waals surface area (Å²) in [6, 6.07) is 17.9. The van der Waals surface area contributed by atoms with E-state index in [9.17, 15) is 4.79 Å². The van der Waals surface area contributed by atoms with E-state index in [1.54, 1.807) is 43.7 Å². The molecular weight excluding hydrogens is 392 g/mol. The summed E-state index contributed by atoms with van der Waals surface area (Å²) in [5.74, 6) is 1.60. The van der Waals surface area contributed by atoms with Crippen molar-refractivity contribution in [2.45, 2.75) is 12.5 Å². The van der Waals surface area contributed by atoms with Crippen LogP contribution in [0.2, 0.25) is 5.02 Å². The first-order valence-electron chi connectivity index (χ1n) is 9.10. The van der Waals surface area contributed by atoms with Gasteiger partial charge in [0.1, 0.15) is 23.3 Å². The van der Waals surface area contributed by atoms with Crippen molar-refractivity contribution in [3.8, 4) is 11.5 Å². The van der Waals surface area contributed by atoms with Gasteiger partial charge in [0.25, 0.3) is 5.91 Å². The highest BCUT2D eigenvalue weighted by Gasteiger charge is 2.35. The maximum absolute atomic E-state index is 12.9. The topological polar surface area (TPSA) is 64.3 Å². The Morgan fingerprint density at radius 2 is 1.97 bits per heavy atom. The zero-order valence-electron chi connectivity index (χ0n) is 15.7. The first-order valence-corrected chi connectivity index (χ1v) is 9.48. The molecule has 1 aliphatic heterocycles. The molecule has 0 bridgehead atoms. The standard InChI is InChI=1S/C22H19ClN2O4/c1-27-16-10-8-15(9-11-16)18-13-19(21-7-4-12-28-21)25(24-18)22(26)14-29-20-6-3-2-5-17(20)23/h2-12,19H,13-14H2,1H3/t19-/m0/s1. The SMILES string of the molecule is COc1ccc(C2=NN(C(=O)COc3ccccc3Cl)[C@H](c3ccco3)C2)cc1. The van der Waals surface area contributed by atoms with Gasteiger partial charge in [-0.2, -0.15) is 5.10 Å². The molecule has 148 valence electrons. The number of carbonyl (C=O) groups excluding carboxylic acids is 1. The number of rotatable bonds is 6. The summed E-state index contributed by atoms with van der Waals surface area (Å²) in [6.07, 6.45) is 2.13. The highest BCUT2D eigenvalue weighted by atomic mass is 35.5. The zero-order valence-corrected chi connectivity index (χ0v) is 16.5. The van der Waals surface area contributed by atoms with Crippen molar-refractivity contribution >= 4 is 23.2 Å². The van der Waals surface area contributed by atoms with Crippen molar-refractivity contribution in [1.82, 2.24) is 5.01 Å². The molecule has 2 heterocycles. The van der Waals surface area contributed by atoms with Gasteiger partial charge in [-0.05, 0) is 54.1 Å². The Kier molecular flexibility index (Phi) is 5.53. The highest BCUT2D eigenvalue weighted by Crippen LogP contribution is 2.33. The molecule has 0 N–H and O–H groups in total. The van der Waals surface area contributed by atoms with E-state index < -0.39 is 0 Å². The van der Waals surface area contributed by atoms with Crippen molar-refractivity contribution in [2.75, 3.05) is 13.7 Å². The van der Waals surface area contributed by atoms with Gasteiger partial charge in [-0.1, -0.05) is 23.7 Å². The van der Waals surface area contributed by atoms with E-state index >= 15 is 0 Å². The van der Waals surface area contributed by atoms with Crippen LogP contribution in [0.5, 0.6) is 11.5 Å². The van der Waals surface area contributed by atoms with Crippen molar-refractivity contribution in [3.05, 3.63) is 83.3 Å². The Morgan fingerprint density at radius 3 is 2.66 bits per heavy atom. The Labute approximate surface area is 173 Å². The van der Waals surface area contributed by atoms with Crippen LogP contribution in [0.3, 0.4) is 0 Å². The first kappa shape index (κ1) is 19.1. The van der Waals surface area contributed by atoms with Crippen molar-refractivity contribution in [2.24, 2.45) is 5.10 Å². The molecule has 2 aromatic carbocycles. The van der Waals surface area contributed by atoms with E-state index in [2.05, 4.69) is 5.10 Å². The largest absolute Gasteiger partial charge is 0.497 e. The maximum atomic E-state index is 12.9. The number of carbonyl (C=O) groups is 1. The minimum atomic E-state index is -0.329. The van der Waals surface area contributed by atoms with Gasteiger partial charge in [0.15, 0.2) is 6.61 Å². The van der Waals surface area contributed by atoms with Crippen molar-refractivity contribution in [3.63, 3.8) is 0 Å². The van der Waals surface area contributed by atoms with Gasteiger partial charge < -0.3 is 13.9 Å². The van der Waals surface area contributed by atoms with Gasteiger partial charge in [0, 0.05) is 6.42 Å². The number of ether oxygens (including phenoxy) is 2. The summed E-state index contributed by atoms with van der Waals surface area (Å²) in [5, 5.41) is 6.45. The molecule has 1 aliphatic rings. The number of para-hydroxylation sites is 1. The average Bonchev–Trinajstić information content (AvgIpc) is 3.43. The van der Waals surface area contributed by atoms with E-state index in [-0.39, 0.29) is 18.6 Å². The lowest BCUT2D eigenvalue weighted by atomic mass is 10.0. The molecule has 6 nitrogen and oxygen atoms in total. The number of nitrogens with zero attached hydrogens (tertiary/aromatic N) is 2. The molecule has 0 saturated heterocycles. The smallest absolute Gasteiger partial charge is 0.281 e. The number of amides is 1. The second kappa shape index (κ2) is 8.41. The van der Waals surface area contributed by atoms with Gasteiger partial charge >= 0.3 is 0 Å². The van der Waals surface area contributed by atoms with Gasteiger partial charge in [0.05, 0.1) is 24.1 Å². The van der Waals surface area contributed by atoms with E-state index in [4.69, 9.17) is 25.5 Å². The lowest BCUT2D eigenvalue weighted by molar-refractivity contribution is -0.135. The molecule has 29 heavy (non-hydrogen) atoms. The van der Waals surface area contributed by atoms with Crippen LogP contribution < -0.4 is 9.47 Å². The van der Waals surface area contributed by atoms with Crippen molar-refractivity contribution < 1.29 is 18.7 Å². The molecule has 4 rings (SSSR count). The summed E-state index contributed by atoms with van der Waals surface area (Å²) in [4.78, 5) is 12.9. The van der Waals surface area contributed by atoms with Gasteiger partial charge in [-0.3, -0.25) is 4.79 Å². The number of hydrogen-bond donors (Lipinski definition) is 0. The van der Waals surface area contributed by atoms with Gasteiger partial charge in [-0.15, -0.1) is 0 Å². The minimum absolute atomic E-state index is 0.180. The fraction of sp³-hybridized carbons (Fsp3) is 0.182. The summed E-state index contributed by atoms with van der Waals surface area (Å²) in [7, 11) is 1.62. The number of furan rings is 1. The maximum Gasteiger partial charge on any atom is 0.281 e. The normalized spacial score (nSPS) is 15.9. The summed E-state index contributed by atoms with van der Waals surface area (Å²) < 4.78 is 16.4. The third-order valence-corrected chi connectivity index (χ3v) is 4.96. The monoisotopic (exact) mass is 410 g/mol. The van der Waals surface area contributed by atoms with Gasteiger partial charge in [-0.25, -0.2) is 5.01 Å². The van der Waals surface area contributed by atoms with Crippen LogP contribution in [0.1, 0.15) is 23.8 Å². The van der Waals surface area contributed by atoms with E-state index in [0.29, 0.717) is 23.0 Å². The lowest BCUT2D eigenvalue weighted by Crippen LogP contribution is -2.31. The number of hydrogen-bond acceptors (Lipinski definition) is 5. The van der Waals surface area contributed by atoms with Crippen LogP contribution in [0.4, 0.5) is 0 Å². The fourth-order valence-corrected chi connectivity index (χ4v) is 3.36. The molecule has 1 amide bonds. The molecular formula is C22H19ClN2O4. The highest BCUT2D eigenvalue weighted by molar-refractivity contribution is 6.32. The van der Waals surface area contributed by atoms with E-state index in [1.165, 1.54) is 5.01 Å². The first-order chi connectivity index (χ1) is 14.2. The number of halogens is 1. The van der Waals surface area contributed by atoms with Crippen LogP contribution in [-0.4, -0.2) is 30.3 Å². The molecule has 0 saturated carbocycles. The van der Waals surface area contributed by atoms with Crippen molar-refractivity contribution in [1.29, 1.82) is 0 Å². The molecule has 1 atom stereocenters. The summed E-state index contributed by atoms with van der Waals surface area (Å²) >= 11 is 6.10. The predicted molar refractivity (Wildman–Crippen MR) is 109 cm³/mol. The number of methoxy groups -OCH3 is 1. The zero-order chi connectivity index (χ0) is 20.2. The Balaban J connectivity index is 1.55. The Hall–Kier alpha value is -3.25. The van der Waals surface area contributed by atoms with E-state index in [1.807, 2.05) is 30.3 Å². The second-order valence-corrected chi connectivity index (χ2v) is 6.88. The van der Waals surface area contributed by atoms with Crippen LogP contribution in [0.15, 0.2) is 76.4 Å².